The molecule has 188 valence electrons. The van der Waals surface area contributed by atoms with Crippen molar-refractivity contribution in [1.29, 1.82) is 0 Å². The number of aryl methyl sites for hydroxylation is 2. The molecule has 1 N–H and O–H groups in total. The van der Waals surface area contributed by atoms with Crippen LogP contribution in [0.1, 0.15) is 29.8 Å². The van der Waals surface area contributed by atoms with Crippen molar-refractivity contribution in [3.8, 4) is 0 Å². The highest BCUT2D eigenvalue weighted by molar-refractivity contribution is 5.80. The van der Waals surface area contributed by atoms with Crippen LogP contribution in [0, 0.1) is 6.92 Å². The van der Waals surface area contributed by atoms with Crippen molar-refractivity contribution in [2.45, 2.75) is 32.7 Å². The highest BCUT2D eigenvalue weighted by atomic mass is 16.5. The fourth-order valence-corrected chi connectivity index (χ4v) is 4.66. The first-order valence-corrected chi connectivity index (χ1v) is 12.6. The van der Waals surface area contributed by atoms with E-state index in [1.54, 1.807) is 4.57 Å². The van der Waals surface area contributed by atoms with Crippen molar-refractivity contribution < 1.29 is 9.53 Å². The van der Waals surface area contributed by atoms with Crippen LogP contribution in [0.25, 0.3) is 16.7 Å². The van der Waals surface area contributed by atoms with E-state index in [-0.39, 0.29) is 11.5 Å². The number of benzene rings is 2. The highest BCUT2D eigenvalue weighted by Gasteiger charge is 2.17. The highest BCUT2D eigenvalue weighted by Crippen LogP contribution is 2.17. The maximum atomic E-state index is 13.4. The third-order valence-electron chi connectivity index (χ3n) is 6.69. The summed E-state index contributed by atoms with van der Waals surface area (Å²) in [5.41, 5.74) is 2.83. The van der Waals surface area contributed by atoms with Gasteiger partial charge in [0, 0.05) is 32.5 Å². The van der Waals surface area contributed by atoms with Crippen LogP contribution < -0.4 is 10.9 Å². The molecule has 1 aliphatic rings. The van der Waals surface area contributed by atoms with E-state index < -0.39 is 0 Å². The zero-order valence-electron chi connectivity index (χ0n) is 20.7. The van der Waals surface area contributed by atoms with Crippen molar-refractivity contribution in [2.75, 3.05) is 39.4 Å². The van der Waals surface area contributed by atoms with Gasteiger partial charge in [-0.15, -0.1) is 10.2 Å². The minimum atomic E-state index is -0.101. The van der Waals surface area contributed by atoms with Gasteiger partial charge in [0.25, 0.3) is 5.56 Å². The Labute approximate surface area is 209 Å². The van der Waals surface area contributed by atoms with E-state index in [9.17, 15) is 9.59 Å². The van der Waals surface area contributed by atoms with Crippen molar-refractivity contribution in [1.82, 2.24) is 29.4 Å². The molecule has 0 saturated carbocycles. The second kappa shape index (κ2) is 11.0. The predicted molar refractivity (Wildman–Crippen MR) is 138 cm³/mol. The molecule has 0 atom stereocenters. The second-order valence-corrected chi connectivity index (χ2v) is 9.30. The summed E-state index contributed by atoms with van der Waals surface area (Å²) in [6, 6.07) is 15.6. The lowest BCUT2D eigenvalue weighted by atomic mass is 10.1. The van der Waals surface area contributed by atoms with Crippen LogP contribution in [0.5, 0.6) is 0 Å². The normalized spacial score (nSPS) is 14.5. The third-order valence-corrected chi connectivity index (χ3v) is 6.69. The van der Waals surface area contributed by atoms with Gasteiger partial charge in [0.05, 0.1) is 30.7 Å². The summed E-state index contributed by atoms with van der Waals surface area (Å²) < 4.78 is 8.95. The Balaban J connectivity index is 1.31. The Morgan fingerprint density at radius 2 is 1.83 bits per heavy atom. The number of hydrogen-bond donors (Lipinski definition) is 1. The molecular formula is C27H32N6O3. The third kappa shape index (κ3) is 5.32. The summed E-state index contributed by atoms with van der Waals surface area (Å²) >= 11 is 0. The number of nitrogens with one attached hydrogen (secondary N) is 1. The molecule has 0 unspecified atom stereocenters. The largest absolute Gasteiger partial charge is 0.379 e. The number of carbonyl (C=O) groups is 1. The van der Waals surface area contributed by atoms with Gasteiger partial charge in [-0.05, 0) is 37.6 Å². The number of amides is 1. The quantitative estimate of drug-likeness (QED) is 0.363. The maximum Gasteiger partial charge on any atom is 0.263 e. The molecule has 1 aliphatic heterocycles. The van der Waals surface area contributed by atoms with E-state index in [1.165, 1.54) is 5.56 Å². The standard InChI is InChI=1S/C27H32N6O3/c1-20-7-9-21(10-8-20)19-32-26(35)22-5-2-3-6-23(22)33-24(29-30-27(32)33)11-12-25(34)28-13-4-14-31-15-17-36-18-16-31/h2-3,5-10H,4,11-19H2,1H3,(H,28,34). The molecule has 1 fully saturated rings. The van der Waals surface area contributed by atoms with Crippen LogP contribution in [0.15, 0.2) is 53.3 Å². The fourth-order valence-electron chi connectivity index (χ4n) is 4.66. The number of nitrogens with zero attached hydrogens (tertiary/aromatic N) is 5. The molecule has 0 spiro atoms. The Morgan fingerprint density at radius 3 is 2.64 bits per heavy atom. The SMILES string of the molecule is Cc1ccc(Cn2c(=O)c3ccccc3n3c(CCC(=O)NCCCN4CCOCC4)nnc23)cc1. The van der Waals surface area contributed by atoms with Gasteiger partial charge in [0.15, 0.2) is 0 Å². The molecule has 1 amide bonds. The number of ether oxygens (including phenoxy) is 1. The average molecular weight is 489 g/mol. The molecule has 1 saturated heterocycles. The summed E-state index contributed by atoms with van der Waals surface area (Å²) in [6.45, 7) is 7.52. The number of hydrogen-bond acceptors (Lipinski definition) is 6. The molecule has 2 aromatic heterocycles. The van der Waals surface area contributed by atoms with Gasteiger partial charge in [-0.2, -0.15) is 0 Å². The zero-order valence-corrected chi connectivity index (χ0v) is 20.7. The molecule has 0 aliphatic carbocycles. The van der Waals surface area contributed by atoms with E-state index in [0.29, 0.717) is 42.9 Å². The van der Waals surface area contributed by atoms with Crippen LogP contribution in [0.4, 0.5) is 0 Å². The number of morpholine rings is 1. The molecule has 0 bridgehead atoms. The van der Waals surface area contributed by atoms with Crippen LogP contribution in [0.3, 0.4) is 0 Å². The molecule has 9 heteroatoms. The number of fused-ring (bicyclic) bond motifs is 3. The molecule has 3 heterocycles. The maximum absolute atomic E-state index is 13.4. The minimum absolute atomic E-state index is 0.00832. The molecular weight excluding hydrogens is 456 g/mol. The first kappa shape index (κ1) is 24.1. The van der Waals surface area contributed by atoms with E-state index in [1.807, 2.05) is 59.9 Å². The smallest absolute Gasteiger partial charge is 0.263 e. The molecule has 9 nitrogen and oxygen atoms in total. The van der Waals surface area contributed by atoms with Gasteiger partial charge in [-0.1, -0.05) is 42.0 Å². The molecule has 5 rings (SSSR count). The zero-order chi connectivity index (χ0) is 24.9. The van der Waals surface area contributed by atoms with Gasteiger partial charge >= 0.3 is 0 Å². The van der Waals surface area contributed by atoms with Crippen LogP contribution >= 0.6 is 0 Å². The van der Waals surface area contributed by atoms with Gasteiger partial charge in [-0.3, -0.25) is 23.5 Å². The number of para-hydroxylation sites is 1. The minimum Gasteiger partial charge on any atom is -0.379 e. The number of carbonyl (C=O) groups excluding carboxylic acids is 1. The van der Waals surface area contributed by atoms with Crippen molar-refractivity contribution >= 4 is 22.6 Å². The van der Waals surface area contributed by atoms with E-state index in [4.69, 9.17) is 4.74 Å². The molecule has 36 heavy (non-hydrogen) atoms. The number of aromatic nitrogens is 4. The van der Waals surface area contributed by atoms with E-state index >= 15 is 0 Å². The lowest BCUT2D eigenvalue weighted by Gasteiger charge is -2.26. The van der Waals surface area contributed by atoms with E-state index in [2.05, 4.69) is 20.4 Å². The van der Waals surface area contributed by atoms with Gasteiger partial charge in [0.1, 0.15) is 5.82 Å². The van der Waals surface area contributed by atoms with Crippen molar-refractivity contribution in [3.05, 3.63) is 75.8 Å². The number of rotatable bonds is 9. The second-order valence-electron chi connectivity index (χ2n) is 9.30. The van der Waals surface area contributed by atoms with Crippen LogP contribution in [0.2, 0.25) is 0 Å². The van der Waals surface area contributed by atoms with Gasteiger partial charge < -0.3 is 10.1 Å². The topological polar surface area (TPSA) is 93.8 Å². The summed E-state index contributed by atoms with van der Waals surface area (Å²) in [6.07, 6.45) is 1.66. The summed E-state index contributed by atoms with van der Waals surface area (Å²) in [5, 5.41) is 12.4. The van der Waals surface area contributed by atoms with Gasteiger partial charge in [0.2, 0.25) is 11.7 Å². The Bertz CT molecular complexity index is 1400. The summed E-state index contributed by atoms with van der Waals surface area (Å²) in [7, 11) is 0. The first-order valence-electron chi connectivity index (χ1n) is 12.6. The van der Waals surface area contributed by atoms with E-state index in [0.717, 1.165) is 50.3 Å². The van der Waals surface area contributed by atoms with Crippen molar-refractivity contribution in [2.24, 2.45) is 0 Å². The molecule has 4 aromatic rings. The molecule has 0 radical (unpaired) electrons. The fraction of sp³-hybridized carbons (Fsp3) is 0.407. The summed E-state index contributed by atoms with van der Waals surface area (Å²) in [5.74, 6) is 1.15. The Morgan fingerprint density at radius 1 is 1.06 bits per heavy atom. The average Bonchev–Trinajstić information content (AvgIpc) is 3.33. The lowest BCUT2D eigenvalue weighted by Crippen LogP contribution is -2.38. The summed E-state index contributed by atoms with van der Waals surface area (Å²) in [4.78, 5) is 28.2. The predicted octanol–water partition coefficient (Wildman–Crippen LogP) is 2.17. The van der Waals surface area contributed by atoms with Crippen LogP contribution in [-0.2, 0) is 22.5 Å². The lowest BCUT2D eigenvalue weighted by molar-refractivity contribution is -0.121. The van der Waals surface area contributed by atoms with Crippen LogP contribution in [-0.4, -0.2) is 69.4 Å². The Kier molecular flexibility index (Phi) is 7.39. The Hall–Kier alpha value is -3.56. The first-order chi connectivity index (χ1) is 17.6. The monoisotopic (exact) mass is 488 g/mol. The van der Waals surface area contributed by atoms with Crippen molar-refractivity contribution in [3.63, 3.8) is 0 Å². The molecule has 2 aromatic carbocycles. The van der Waals surface area contributed by atoms with Gasteiger partial charge in [-0.25, -0.2) is 0 Å².